The summed E-state index contributed by atoms with van der Waals surface area (Å²) >= 11 is 1.40. The molecule has 0 spiro atoms. The molecule has 100 valence electrons. The zero-order valence-electron chi connectivity index (χ0n) is 10.2. The summed E-state index contributed by atoms with van der Waals surface area (Å²) in [5, 5.41) is 0. The average Bonchev–Trinajstić information content (AvgIpc) is 2.85. The third kappa shape index (κ3) is 3.29. The second kappa shape index (κ2) is 5.79. The van der Waals surface area contributed by atoms with Crippen LogP contribution in [0.2, 0.25) is 0 Å². The maximum atomic E-state index is 12.9. The Morgan fingerprint density at radius 3 is 2.89 bits per heavy atom. The van der Waals surface area contributed by atoms with E-state index in [2.05, 4.69) is 4.74 Å². The lowest BCUT2D eigenvalue weighted by atomic mass is 10.3. The third-order valence-corrected chi connectivity index (χ3v) is 3.50. The highest BCUT2D eigenvalue weighted by Crippen LogP contribution is 2.29. The number of methoxy groups -OCH3 is 1. The number of rotatable bonds is 4. The number of furan rings is 1. The summed E-state index contributed by atoms with van der Waals surface area (Å²) in [6.07, 6.45) is 0. The van der Waals surface area contributed by atoms with Crippen LogP contribution in [0, 0.1) is 5.82 Å². The number of carbonyl (C=O) groups is 1. The number of thioether (sulfide) groups is 1. The van der Waals surface area contributed by atoms with E-state index in [1.165, 1.54) is 31.0 Å². The summed E-state index contributed by atoms with van der Waals surface area (Å²) in [5.74, 6) is 0.386. The zero-order chi connectivity index (χ0) is 13.8. The van der Waals surface area contributed by atoms with Crippen LogP contribution in [-0.4, -0.2) is 13.1 Å². The number of carbonyl (C=O) groups excluding carboxylic acids is 1. The summed E-state index contributed by atoms with van der Waals surface area (Å²) in [7, 11) is 1.29. The molecule has 0 atom stereocenters. The minimum atomic E-state index is -0.516. The molecule has 1 aromatic carbocycles. The second-order valence-corrected chi connectivity index (χ2v) is 4.75. The fraction of sp³-hybridized carbons (Fsp3) is 0.154. The van der Waals surface area contributed by atoms with E-state index in [1.807, 2.05) is 0 Å². The monoisotopic (exact) mass is 281 g/mol. The Bertz CT molecular complexity index is 597. The lowest BCUT2D eigenvalue weighted by molar-refractivity contribution is 0.0563. The lowest BCUT2D eigenvalue weighted by Gasteiger charge is -2.03. The fourth-order valence-corrected chi connectivity index (χ4v) is 2.31. The van der Waals surface area contributed by atoms with Gasteiger partial charge in [0, 0.05) is 10.6 Å². The minimum absolute atomic E-state index is 0.158. The van der Waals surface area contributed by atoms with Gasteiger partial charge in [0.25, 0.3) is 0 Å². The molecule has 0 aliphatic heterocycles. The highest BCUT2D eigenvalue weighted by Gasteiger charge is 2.11. The highest BCUT2D eigenvalue weighted by molar-refractivity contribution is 7.98. The van der Waals surface area contributed by atoms with E-state index in [0.717, 1.165) is 4.90 Å². The molecule has 1 aromatic heterocycles. The van der Waals surface area contributed by atoms with Gasteiger partial charge < -0.3 is 14.9 Å². The predicted octanol–water partition coefficient (Wildman–Crippen LogP) is 3.08. The normalized spacial score (nSPS) is 10.4. The summed E-state index contributed by atoms with van der Waals surface area (Å²) < 4.78 is 22.7. The number of nitrogens with two attached hydrogens (primary N) is 1. The number of esters is 1. The number of ether oxygens (including phenoxy) is 1. The summed E-state index contributed by atoms with van der Waals surface area (Å²) in [5.41, 5.74) is 6.07. The van der Waals surface area contributed by atoms with E-state index >= 15 is 0 Å². The summed E-state index contributed by atoms with van der Waals surface area (Å²) in [6, 6.07) is 7.47. The second-order valence-electron chi connectivity index (χ2n) is 3.73. The van der Waals surface area contributed by atoms with Crippen molar-refractivity contribution in [2.75, 3.05) is 12.8 Å². The Hall–Kier alpha value is -1.95. The van der Waals surface area contributed by atoms with Gasteiger partial charge in [-0.1, -0.05) is 0 Å². The molecule has 0 amide bonds. The van der Waals surface area contributed by atoms with Crippen molar-refractivity contribution in [3.63, 3.8) is 0 Å². The number of hydrogen-bond donors (Lipinski definition) is 1. The molecule has 2 aromatic rings. The van der Waals surface area contributed by atoms with Crippen LogP contribution in [0.1, 0.15) is 16.3 Å². The molecule has 2 N–H and O–H groups in total. The molecule has 0 aliphatic rings. The Balaban J connectivity index is 2.02. The number of hydrogen-bond acceptors (Lipinski definition) is 5. The molecule has 6 heteroatoms. The van der Waals surface area contributed by atoms with E-state index in [9.17, 15) is 9.18 Å². The first-order valence-electron chi connectivity index (χ1n) is 5.45. The molecular formula is C13H12FNO3S. The van der Waals surface area contributed by atoms with Crippen molar-refractivity contribution in [2.24, 2.45) is 0 Å². The minimum Gasteiger partial charge on any atom is -0.463 e. The van der Waals surface area contributed by atoms with Gasteiger partial charge in [0.2, 0.25) is 5.76 Å². The van der Waals surface area contributed by atoms with Gasteiger partial charge in [-0.25, -0.2) is 9.18 Å². The van der Waals surface area contributed by atoms with Gasteiger partial charge in [-0.05, 0) is 30.3 Å². The van der Waals surface area contributed by atoms with Crippen molar-refractivity contribution in [2.45, 2.75) is 10.6 Å². The van der Waals surface area contributed by atoms with E-state index < -0.39 is 5.97 Å². The quantitative estimate of drug-likeness (QED) is 0.530. The van der Waals surface area contributed by atoms with Gasteiger partial charge in [0.1, 0.15) is 11.6 Å². The lowest BCUT2D eigenvalue weighted by Crippen LogP contribution is -1.98. The van der Waals surface area contributed by atoms with Crippen molar-refractivity contribution in [1.29, 1.82) is 0 Å². The standard InChI is InChI=1S/C13H12FNO3S/c1-17-13(16)11-4-3-9(18-11)7-19-12-5-2-8(14)6-10(12)15/h2-6H,7,15H2,1H3. The first-order chi connectivity index (χ1) is 9.10. The molecule has 0 saturated carbocycles. The van der Waals surface area contributed by atoms with Crippen LogP contribution < -0.4 is 5.73 Å². The third-order valence-electron chi connectivity index (χ3n) is 2.39. The molecule has 2 rings (SSSR count). The van der Waals surface area contributed by atoms with E-state index in [0.29, 0.717) is 17.2 Å². The van der Waals surface area contributed by atoms with Gasteiger partial charge in [-0.3, -0.25) is 0 Å². The summed E-state index contributed by atoms with van der Waals surface area (Å²) in [6.45, 7) is 0. The first kappa shape index (κ1) is 13.5. The Kier molecular flexibility index (Phi) is 4.11. The average molecular weight is 281 g/mol. The van der Waals surface area contributed by atoms with Crippen LogP contribution in [0.4, 0.5) is 10.1 Å². The maximum Gasteiger partial charge on any atom is 0.373 e. The largest absolute Gasteiger partial charge is 0.463 e. The van der Waals surface area contributed by atoms with Crippen molar-refractivity contribution in [3.05, 3.63) is 47.7 Å². The van der Waals surface area contributed by atoms with E-state index in [-0.39, 0.29) is 11.6 Å². The number of halogens is 1. The van der Waals surface area contributed by atoms with Crippen LogP contribution in [0.5, 0.6) is 0 Å². The van der Waals surface area contributed by atoms with Gasteiger partial charge >= 0.3 is 5.97 Å². The number of anilines is 1. The van der Waals surface area contributed by atoms with Crippen molar-refractivity contribution < 1.29 is 18.3 Å². The molecule has 0 saturated heterocycles. The molecule has 0 bridgehead atoms. The van der Waals surface area contributed by atoms with Crippen LogP contribution in [0.15, 0.2) is 39.6 Å². The van der Waals surface area contributed by atoms with Crippen LogP contribution in [0.3, 0.4) is 0 Å². The molecular weight excluding hydrogens is 269 g/mol. The predicted molar refractivity (Wildman–Crippen MR) is 70.4 cm³/mol. The smallest absolute Gasteiger partial charge is 0.373 e. The van der Waals surface area contributed by atoms with Crippen molar-refractivity contribution in [1.82, 2.24) is 0 Å². The topological polar surface area (TPSA) is 65.5 Å². The Labute approximate surface area is 113 Å². The van der Waals surface area contributed by atoms with E-state index in [4.69, 9.17) is 10.2 Å². The summed E-state index contributed by atoms with van der Waals surface area (Å²) in [4.78, 5) is 12.0. The van der Waals surface area contributed by atoms with E-state index in [1.54, 1.807) is 18.2 Å². The molecule has 0 unspecified atom stereocenters. The highest BCUT2D eigenvalue weighted by atomic mass is 32.2. The van der Waals surface area contributed by atoms with Gasteiger partial charge in [-0.15, -0.1) is 11.8 Å². The Morgan fingerprint density at radius 1 is 1.42 bits per heavy atom. The molecule has 4 nitrogen and oxygen atoms in total. The van der Waals surface area contributed by atoms with Crippen LogP contribution in [-0.2, 0) is 10.5 Å². The molecule has 0 fully saturated rings. The van der Waals surface area contributed by atoms with Gasteiger partial charge in [-0.2, -0.15) is 0 Å². The van der Waals surface area contributed by atoms with Gasteiger partial charge in [0.05, 0.1) is 12.9 Å². The Morgan fingerprint density at radius 2 is 2.21 bits per heavy atom. The van der Waals surface area contributed by atoms with Crippen LogP contribution in [0.25, 0.3) is 0 Å². The maximum absolute atomic E-state index is 12.9. The fourth-order valence-electron chi connectivity index (χ4n) is 1.47. The van der Waals surface area contributed by atoms with Crippen molar-refractivity contribution >= 4 is 23.4 Å². The molecule has 0 aliphatic carbocycles. The van der Waals surface area contributed by atoms with Gasteiger partial charge in [0.15, 0.2) is 0 Å². The molecule has 1 heterocycles. The molecule has 19 heavy (non-hydrogen) atoms. The van der Waals surface area contributed by atoms with Crippen LogP contribution >= 0.6 is 11.8 Å². The first-order valence-corrected chi connectivity index (χ1v) is 6.43. The van der Waals surface area contributed by atoms with Crippen molar-refractivity contribution in [3.8, 4) is 0 Å². The SMILES string of the molecule is COC(=O)c1ccc(CSc2ccc(F)cc2N)o1. The number of nitrogen functional groups attached to an aromatic ring is 1. The zero-order valence-corrected chi connectivity index (χ0v) is 11.0. The molecule has 0 radical (unpaired) electrons. The number of benzene rings is 1.